The first-order chi connectivity index (χ1) is 19.5. The van der Waals surface area contributed by atoms with Crippen LogP contribution in [0, 0.1) is 0 Å². The Bertz CT molecular complexity index is 1250. The number of unbranched alkanes of at least 4 members (excludes halogenated alkanes) is 9. The number of nitrogens with zero attached hydrogens (tertiary/aromatic N) is 1. The van der Waals surface area contributed by atoms with E-state index in [1.165, 1.54) is 67.6 Å². The topological polar surface area (TPSA) is 71.5 Å². The van der Waals surface area contributed by atoms with Crippen LogP contribution in [0.15, 0.2) is 60.7 Å². The monoisotopic (exact) mass is 663 g/mol. The standard InChI is InChI=1S/C28H40F6NO4PS2/c1-3-5-6-7-8-9-10-11-12-19-24-40(4-2,25-20-15-13-16-21-25,26-22-17-14-18-23-26)35(41(36,37)27(29,30)31)42(38,39)28(32,33)34/h13-18,20-23H,3-12,19,24H2,1-2H3. The first-order valence-corrected chi connectivity index (χ1v) is 19.5. The molecule has 0 atom stereocenters. The summed E-state index contributed by atoms with van der Waals surface area (Å²) in [4.78, 5) is 0. The molecule has 0 fully saturated rings. The Morgan fingerprint density at radius 1 is 0.571 bits per heavy atom. The van der Waals surface area contributed by atoms with Crippen molar-refractivity contribution in [3.05, 3.63) is 60.7 Å². The van der Waals surface area contributed by atoms with Crippen LogP contribution in [-0.2, 0) is 20.0 Å². The molecule has 2 rings (SSSR count). The van der Waals surface area contributed by atoms with E-state index in [1.54, 1.807) is 0 Å². The molecule has 0 bridgehead atoms. The van der Waals surface area contributed by atoms with Crippen molar-refractivity contribution in [2.75, 3.05) is 12.3 Å². The van der Waals surface area contributed by atoms with Crippen LogP contribution in [0.4, 0.5) is 26.3 Å². The number of rotatable bonds is 17. The summed E-state index contributed by atoms with van der Waals surface area (Å²) in [5.74, 6) is 0. The molecule has 0 heterocycles. The van der Waals surface area contributed by atoms with Crippen LogP contribution in [0.25, 0.3) is 0 Å². The van der Waals surface area contributed by atoms with E-state index in [1.807, 2.05) is 0 Å². The summed E-state index contributed by atoms with van der Waals surface area (Å²) in [5.41, 5.74) is -12.7. The van der Waals surface area contributed by atoms with E-state index >= 15 is 0 Å². The third-order valence-corrected chi connectivity index (χ3v) is 21.1. The molecule has 0 aromatic heterocycles. The molecule has 2 aromatic carbocycles. The molecule has 14 heteroatoms. The van der Waals surface area contributed by atoms with Gasteiger partial charge >= 0.3 is 246 Å². The zero-order chi connectivity index (χ0) is 31.7. The minimum absolute atomic E-state index is 0.0164. The van der Waals surface area contributed by atoms with Gasteiger partial charge in [0, 0.05) is 0 Å². The third kappa shape index (κ3) is 7.16. The first-order valence-electron chi connectivity index (χ1n) is 14.1. The van der Waals surface area contributed by atoms with Crippen LogP contribution < -0.4 is 10.6 Å². The van der Waals surface area contributed by atoms with E-state index in [-0.39, 0.29) is 17.0 Å². The Kier molecular flexibility index (Phi) is 12.5. The number of hydrogen-bond acceptors (Lipinski definition) is 4. The van der Waals surface area contributed by atoms with E-state index < -0.39 is 53.6 Å². The van der Waals surface area contributed by atoms with Gasteiger partial charge in [0.2, 0.25) is 0 Å². The van der Waals surface area contributed by atoms with Gasteiger partial charge in [0.25, 0.3) is 0 Å². The molecule has 0 saturated heterocycles. The molecule has 2 aromatic rings. The predicted octanol–water partition coefficient (Wildman–Crippen LogP) is 8.05. The molecule has 240 valence electrons. The van der Waals surface area contributed by atoms with Crippen molar-refractivity contribution in [3.63, 3.8) is 0 Å². The summed E-state index contributed by atoms with van der Waals surface area (Å²) in [7, 11) is -14.2. The summed E-state index contributed by atoms with van der Waals surface area (Å²) in [5, 5.41) is -0.373. The van der Waals surface area contributed by atoms with Crippen molar-refractivity contribution < 1.29 is 43.2 Å². The summed E-state index contributed by atoms with van der Waals surface area (Å²) in [6.45, 7) is -2.23. The van der Waals surface area contributed by atoms with Crippen LogP contribution in [0.2, 0.25) is 0 Å². The van der Waals surface area contributed by atoms with Crippen molar-refractivity contribution >= 4 is 37.4 Å². The van der Waals surface area contributed by atoms with Crippen LogP contribution in [-0.4, -0.2) is 43.7 Å². The number of benzene rings is 2. The zero-order valence-corrected chi connectivity index (χ0v) is 26.4. The fourth-order valence-electron chi connectivity index (χ4n) is 5.64. The average molecular weight is 664 g/mol. The number of hydrogen-bond donors (Lipinski definition) is 0. The van der Waals surface area contributed by atoms with E-state index in [9.17, 15) is 43.2 Å². The predicted molar refractivity (Wildman–Crippen MR) is 158 cm³/mol. The maximum absolute atomic E-state index is 14.3. The quantitative estimate of drug-likeness (QED) is 0.0976. The Balaban J connectivity index is 2.81. The van der Waals surface area contributed by atoms with Crippen molar-refractivity contribution in [2.45, 2.75) is 89.1 Å². The van der Waals surface area contributed by atoms with Gasteiger partial charge in [-0.15, -0.1) is 0 Å². The van der Waals surface area contributed by atoms with Crippen LogP contribution >= 0.6 is 6.75 Å². The Morgan fingerprint density at radius 2 is 0.905 bits per heavy atom. The Hall–Kier alpha value is -1.69. The number of alkyl halides is 6. The molecule has 0 saturated carbocycles. The zero-order valence-electron chi connectivity index (χ0n) is 23.9. The molecule has 0 aliphatic carbocycles. The van der Waals surface area contributed by atoms with Crippen LogP contribution in [0.5, 0.6) is 0 Å². The molecule has 42 heavy (non-hydrogen) atoms. The molecule has 0 amide bonds. The minimum atomic E-state index is -7.08. The maximum atomic E-state index is 14.3. The SMILES string of the molecule is CCCCCCCCCCCCP(CC)(c1ccccc1)(c1ccccc1)N(S(=O)(=O)C(F)(F)F)S(=O)(=O)C(F)(F)F. The summed E-state index contributed by atoms with van der Waals surface area (Å²) < 4.78 is 137. The number of halogens is 6. The van der Waals surface area contributed by atoms with Gasteiger partial charge in [-0.3, -0.25) is 0 Å². The molecular formula is C28H40F6NO4PS2. The second-order valence-electron chi connectivity index (χ2n) is 10.4. The van der Waals surface area contributed by atoms with Crippen molar-refractivity contribution in [1.29, 1.82) is 0 Å². The van der Waals surface area contributed by atoms with Gasteiger partial charge in [0.1, 0.15) is 0 Å². The van der Waals surface area contributed by atoms with Gasteiger partial charge in [0.05, 0.1) is 0 Å². The molecule has 0 aliphatic heterocycles. The summed E-state index contributed by atoms with van der Waals surface area (Å²) in [6, 6.07) is 13.3. The van der Waals surface area contributed by atoms with E-state index in [0.717, 1.165) is 44.9 Å². The van der Waals surface area contributed by atoms with Gasteiger partial charge in [0.15, 0.2) is 0 Å². The molecule has 0 aliphatic rings. The fourth-order valence-corrected chi connectivity index (χ4v) is 19.8. The van der Waals surface area contributed by atoms with Crippen molar-refractivity contribution in [3.8, 4) is 0 Å². The summed E-state index contributed by atoms with van der Waals surface area (Å²) in [6.07, 6.45) is 7.02. The van der Waals surface area contributed by atoms with Gasteiger partial charge in [-0.1, -0.05) is 0 Å². The van der Waals surface area contributed by atoms with Gasteiger partial charge in [-0.05, 0) is 0 Å². The summed E-state index contributed by atoms with van der Waals surface area (Å²) >= 11 is 0. The van der Waals surface area contributed by atoms with E-state index in [0.29, 0.717) is 12.8 Å². The molecule has 0 spiro atoms. The van der Waals surface area contributed by atoms with Gasteiger partial charge in [-0.2, -0.15) is 0 Å². The normalized spacial score (nSPS) is 14.5. The molecular weight excluding hydrogens is 623 g/mol. The molecule has 0 unspecified atom stereocenters. The van der Waals surface area contributed by atoms with E-state index in [2.05, 4.69) is 6.92 Å². The molecule has 0 radical (unpaired) electrons. The Labute approximate surface area is 245 Å². The average Bonchev–Trinajstić information content (AvgIpc) is 2.93. The van der Waals surface area contributed by atoms with E-state index in [4.69, 9.17) is 0 Å². The van der Waals surface area contributed by atoms with Gasteiger partial charge in [-0.25, -0.2) is 0 Å². The van der Waals surface area contributed by atoms with Crippen molar-refractivity contribution in [1.82, 2.24) is 3.48 Å². The fraction of sp³-hybridized carbons (Fsp3) is 0.571. The van der Waals surface area contributed by atoms with Crippen LogP contribution in [0.3, 0.4) is 0 Å². The number of sulfonamides is 2. The molecule has 5 nitrogen and oxygen atoms in total. The second-order valence-corrected chi connectivity index (χ2v) is 20.2. The van der Waals surface area contributed by atoms with Gasteiger partial charge < -0.3 is 0 Å². The molecule has 0 N–H and O–H groups in total. The first kappa shape index (κ1) is 36.5. The third-order valence-electron chi connectivity index (χ3n) is 7.80. The second kappa shape index (κ2) is 14.4. The van der Waals surface area contributed by atoms with Crippen LogP contribution in [0.1, 0.15) is 78.1 Å². The van der Waals surface area contributed by atoms with Crippen molar-refractivity contribution in [2.24, 2.45) is 0 Å². The Morgan fingerprint density at radius 3 is 1.21 bits per heavy atom.